The normalized spacial score (nSPS) is 15.3. The fourth-order valence-corrected chi connectivity index (χ4v) is 4.07. The molecule has 0 unspecified atom stereocenters. The number of benzene rings is 1. The Morgan fingerprint density at radius 1 is 0.969 bits per heavy atom. The average molecular weight is 435 g/mol. The van der Waals surface area contributed by atoms with Gasteiger partial charge in [0.2, 0.25) is 5.95 Å². The molecule has 32 heavy (non-hydrogen) atoms. The highest BCUT2D eigenvalue weighted by molar-refractivity contribution is 5.80. The quantitative estimate of drug-likeness (QED) is 0.306. The van der Waals surface area contributed by atoms with Crippen molar-refractivity contribution in [2.45, 2.75) is 19.9 Å². The van der Waals surface area contributed by atoms with Crippen molar-refractivity contribution in [3.63, 3.8) is 0 Å². The van der Waals surface area contributed by atoms with Crippen molar-refractivity contribution in [2.24, 2.45) is 4.99 Å². The van der Waals surface area contributed by atoms with E-state index >= 15 is 0 Å². The molecule has 4 rings (SSSR count). The molecule has 0 bridgehead atoms. The Labute approximate surface area is 190 Å². The van der Waals surface area contributed by atoms with Gasteiger partial charge in [-0.15, -0.1) is 0 Å². The molecular weight excluding hydrogens is 400 g/mol. The van der Waals surface area contributed by atoms with Gasteiger partial charge >= 0.3 is 0 Å². The fraction of sp³-hybridized carbons (Fsp3) is 0.458. The van der Waals surface area contributed by atoms with Gasteiger partial charge in [0.15, 0.2) is 5.96 Å². The van der Waals surface area contributed by atoms with E-state index in [9.17, 15) is 0 Å². The van der Waals surface area contributed by atoms with Crippen LogP contribution >= 0.6 is 0 Å². The van der Waals surface area contributed by atoms with Gasteiger partial charge in [0.25, 0.3) is 0 Å². The van der Waals surface area contributed by atoms with Gasteiger partial charge in [0, 0.05) is 83.0 Å². The summed E-state index contributed by atoms with van der Waals surface area (Å²) in [5, 5.41) is 8.14. The SMILES string of the molecule is CCNC(=NCCCn1ccc2ccccc21)NCCN1CCN(c2ncccn2)CC1. The first-order valence-electron chi connectivity index (χ1n) is 11.6. The number of aryl methyl sites for hydroxylation is 1. The molecule has 8 nitrogen and oxygen atoms in total. The maximum Gasteiger partial charge on any atom is 0.225 e. The fourth-order valence-electron chi connectivity index (χ4n) is 4.07. The Balaban J connectivity index is 1.17. The van der Waals surface area contributed by atoms with Crippen molar-refractivity contribution in [1.29, 1.82) is 0 Å². The first-order chi connectivity index (χ1) is 15.8. The van der Waals surface area contributed by atoms with Crippen LogP contribution in [0.4, 0.5) is 5.95 Å². The highest BCUT2D eigenvalue weighted by Gasteiger charge is 2.18. The summed E-state index contributed by atoms with van der Waals surface area (Å²) in [6.07, 6.45) is 6.79. The summed E-state index contributed by atoms with van der Waals surface area (Å²) in [4.78, 5) is 18.2. The van der Waals surface area contributed by atoms with E-state index in [4.69, 9.17) is 4.99 Å². The van der Waals surface area contributed by atoms with Crippen LogP contribution in [0.1, 0.15) is 13.3 Å². The first kappa shape index (κ1) is 22.1. The molecule has 2 N–H and O–H groups in total. The maximum absolute atomic E-state index is 4.77. The van der Waals surface area contributed by atoms with Crippen molar-refractivity contribution >= 4 is 22.8 Å². The Kier molecular flexibility index (Phi) is 7.92. The molecule has 0 saturated carbocycles. The summed E-state index contributed by atoms with van der Waals surface area (Å²) >= 11 is 0. The number of hydrogen-bond acceptors (Lipinski definition) is 5. The average Bonchev–Trinajstić information content (AvgIpc) is 3.26. The molecule has 3 aromatic rings. The van der Waals surface area contributed by atoms with Crippen molar-refractivity contribution in [2.75, 3.05) is 57.3 Å². The van der Waals surface area contributed by atoms with Crippen LogP contribution in [0.25, 0.3) is 10.9 Å². The summed E-state index contributed by atoms with van der Waals surface area (Å²) in [5.41, 5.74) is 1.29. The van der Waals surface area contributed by atoms with Crippen molar-refractivity contribution < 1.29 is 0 Å². The van der Waals surface area contributed by atoms with Crippen LogP contribution < -0.4 is 15.5 Å². The Bertz CT molecular complexity index is 976. The largest absolute Gasteiger partial charge is 0.357 e. The van der Waals surface area contributed by atoms with E-state index in [1.165, 1.54) is 10.9 Å². The minimum atomic E-state index is 0.803. The standard InChI is InChI=1S/C24H34N8/c1-2-25-23(26-12-6-14-31-15-9-21-7-3-4-8-22(21)31)27-13-16-30-17-19-32(20-18-30)24-28-10-5-11-29-24/h3-5,7-11,15H,2,6,12-14,16-20H2,1H3,(H2,25,26,27). The number of hydrogen-bond donors (Lipinski definition) is 2. The summed E-state index contributed by atoms with van der Waals surface area (Å²) < 4.78 is 2.31. The number of nitrogens with zero attached hydrogens (tertiary/aromatic N) is 6. The number of anilines is 1. The van der Waals surface area contributed by atoms with Crippen LogP contribution in [0.3, 0.4) is 0 Å². The van der Waals surface area contributed by atoms with E-state index < -0.39 is 0 Å². The zero-order valence-electron chi connectivity index (χ0n) is 19.0. The van der Waals surface area contributed by atoms with Gasteiger partial charge in [-0.05, 0) is 36.9 Å². The molecule has 1 fully saturated rings. The van der Waals surface area contributed by atoms with Gasteiger partial charge in [-0.2, -0.15) is 0 Å². The predicted octanol–water partition coefficient (Wildman–Crippen LogP) is 2.20. The number of para-hydroxylation sites is 1. The van der Waals surface area contributed by atoms with Crippen molar-refractivity contribution in [1.82, 2.24) is 30.1 Å². The first-order valence-corrected chi connectivity index (χ1v) is 11.6. The third kappa shape index (κ3) is 5.97. The van der Waals surface area contributed by atoms with Crippen LogP contribution in [-0.2, 0) is 6.54 Å². The van der Waals surface area contributed by atoms with Gasteiger partial charge in [-0.25, -0.2) is 9.97 Å². The van der Waals surface area contributed by atoms with Crippen LogP contribution in [0, 0.1) is 0 Å². The van der Waals surface area contributed by atoms with Gasteiger partial charge < -0.3 is 20.1 Å². The molecule has 0 radical (unpaired) electrons. The van der Waals surface area contributed by atoms with E-state index in [-0.39, 0.29) is 0 Å². The van der Waals surface area contributed by atoms with Gasteiger partial charge in [-0.3, -0.25) is 9.89 Å². The maximum atomic E-state index is 4.77. The molecule has 3 heterocycles. The third-order valence-electron chi connectivity index (χ3n) is 5.78. The van der Waals surface area contributed by atoms with E-state index in [0.29, 0.717) is 0 Å². The minimum absolute atomic E-state index is 0.803. The van der Waals surface area contributed by atoms with E-state index in [1.54, 1.807) is 12.4 Å². The number of rotatable bonds is 9. The van der Waals surface area contributed by atoms with E-state index in [2.05, 4.69) is 78.4 Å². The summed E-state index contributed by atoms with van der Waals surface area (Å²) in [6.45, 7) is 10.6. The molecule has 170 valence electrons. The van der Waals surface area contributed by atoms with Gasteiger partial charge in [0.1, 0.15) is 0 Å². The number of nitrogens with one attached hydrogen (secondary N) is 2. The van der Waals surface area contributed by atoms with E-state index in [1.807, 2.05) is 6.07 Å². The highest BCUT2D eigenvalue weighted by atomic mass is 15.3. The molecule has 0 aliphatic carbocycles. The lowest BCUT2D eigenvalue weighted by molar-refractivity contribution is 0.260. The summed E-state index contributed by atoms with van der Waals surface area (Å²) in [5.74, 6) is 1.74. The number of guanidine groups is 1. The molecule has 1 aliphatic heterocycles. The van der Waals surface area contributed by atoms with Crippen LogP contribution in [-0.4, -0.2) is 77.8 Å². The molecule has 1 saturated heterocycles. The zero-order chi connectivity index (χ0) is 22.0. The van der Waals surface area contributed by atoms with Gasteiger partial charge in [-0.1, -0.05) is 18.2 Å². The summed E-state index contributed by atoms with van der Waals surface area (Å²) in [6, 6.07) is 12.6. The van der Waals surface area contributed by atoms with E-state index in [0.717, 1.165) is 77.2 Å². The number of fused-ring (bicyclic) bond motifs is 1. The second-order valence-electron chi connectivity index (χ2n) is 7.99. The Morgan fingerprint density at radius 2 is 1.78 bits per heavy atom. The lowest BCUT2D eigenvalue weighted by atomic mass is 10.2. The van der Waals surface area contributed by atoms with Crippen LogP contribution in [0.2, 0.25) is 0 Å². The molecule has 0 spiro atoms. The van der Waals surface area contributed by atoms with Crippen LogP contribution in [0.5, 0.6) is 0 Å². The van der Waals surface area contributed by atoms with Crippen LogP contribution in [0.15, 0.2) is 60.0 Å². The van der Waals surface area contributed by atoms with Crippen molar-refractivity contribution in [3.05, 3.63) is 55.0 Å². The molecule has 2 aromatic heterocycles. The molecule has 8 heteroatoms. The summed E-state index contributed by atoms with van der Waals surface area (Å²) in [7, 11) is 0. The topological polar surface area (TPSA) is 73.6 Å². The second-order valence-corrected chi connectivity index (χ2v) is 7.99. The third-order valence-corrected chi connectivity index (χ3v) is 5.78. The second kappa shape index (κ2) is 11.5. The number of aromatic nitrogens is 3. The van der Waals surface area contributed by atoms with Crippen molar-refractivity contribution in [3.8, 4) is 0 Å². The van der Waals surface area contributed by atoms with Gasteiger partial charge in [0.05, 0.1) is 0 Å². The monoisotopic (exact) mass is 434 g/mol. The highest BCUT2D eigenvalue weighted by Crippen LogP contribution is 2.15. The molecule has 1 aliphatic rings. The molecule has 1 aromatic carbocycles. The molecule has 0 atom stereocenters. The minimum Gasteiger partial charge on any atom is -0.357 e. The lowest BCUT2D eigenvalue weighted by Crippen LogP contribution is -2.49. The Morgan fingerprint density at radius 3 is 2.59 bits per heavy atom. The lowest BCUT2D eigenvalue weighted by Gasteiger charge is -2.34. The molecule has 0 amide bonds. The molecular formula is C24H34N8. The Hall–Kier alpha value is -3.13. The number of piperazine rings is 1. The predicted molar refractivity (Wildman–Crippen MR) is 131 cm³/mol. The number of aliphatic imine (C=N–C) groups is 1. The zero-order valence-corrected chi connectivity index (χ0v) is 19.0. The smallest absolute Gasteiger partial charge is 0.225 e.